The highest BCUT2D eigenvalue weighted by molar-refractivity contribution is 9.10. The molecule has 0 saturated carbocycles. The van der Waals surface area contributed by atoms with Crippen molar-refractivity contribution >= 4 is 58.3 Å². The Hall–Kier alpha value is -2.10. The van der Waals surface area contributed by atoms with Gasteiger partial charge >= 0.3 is 0 Å². The molecule has 0 N–H and O–H groups in total. The molecule has 0 unspecified atom stereocenters. The summed E-state index contributed by atoms with van der Waals surface area (Å²) >= 11 is 5.43. The topological polar surface area (TPSA) is 4.93 Å². The van der Waals surface area contributed by atoms with Crippen LogP contribution in [0.2, 0.25) is 0 Å². The lowest BCUT2D eigenvalue weighted by molar-refractivity contribution is 1.14. The van der Waals surface area contributed by atoms with Gasteiger partial charge in [-0.05, 0) is 53.2 Å². The Bertz CT molecular complexity index is 1170. The van der Waals surface area contributed by atoms with Gasteiger partial charge in [0.25, 0.3) is 0 Å². The fourth-order valence-electron chi connectivity index (χ4n) is 3.17. The molecule has 0 aliphatic carbocycles. The molecule has 0 amide bonds. The van der Waals surface area contributed by atoms with Gasteiger partial charge in [0.15, 0.2) is 0 Å². The zero-order chi connectivity index (χ0) is 15.4. The number of hydrogen-bond acceptors (Lipinski definition) is 1. The molecule has 0 fully saturated rings. The summed E-state index contributed by atoms with van der Waals surface area (Å²) < 4.78 is 4.74. The Morgan fingerprint density at radius 3 is 2.52 bits per heavy atom. The molecule has 1 nitrogen and oxygen atoms in total. The predicted molar refractivity (Wildman–Crippen MR) is 104 cm³/mol. The van der Waals surface area contributed by atoms with E-state index >= 15 is 0 Å². The van der Waals surface area contributed by atoms with Gasteiger partial charge in [0.05, 0.1) is 0 Å². The normalized spacial score (nSPS) is 11.7. The van der Waals surface area contributed by atoms with Gasteiger partial charge in [0, 0.05) is 31.8 Å². The fourth-order valence-corrected chi connectivity index (χ4v) is 4.77. The van der Waals surface area contributed by atoms with Gasteiger partial charge in [0.1, 0.15) is 4.83 Å². The molecule has 5 rings (SSSR count). The summed E-state index contributed by atoms with van der Waals surface area (Å²) in [5.74, 6) is 0. The molecular weight excluding hydrogens is 366 g/mol. The maximum Gasteiger partial charge on any atom is 0.108 e. The van der Waals surface area contributed by atoms with Crippen molar-refractivity contribution in [2.24, 2.45) is 0 Å². The molecule has 5 aromatic rings. The number of hydrogen-bond donors (Lipinski definition) is 0. The maximum absolute atomic E-state index is 3.57. The monoisotopic (exact) mass is 377 g/mol. The van der Waals surface area contributed by atoms with Gasteiger partial charge in [-0.2, -0.15) is 0 Å². The van der Waals surface area contributed by atoms with Crippen LogP contribution in [-0.4, -0.2) is 4.57 Å². The smallest absolute Gasteiger partial charge is 0.108 e. The molecule has 2 heterocycles. The molecule has 0 spiro atoms. The van der Waals surface area contributed by atoms with Crippen molar-refractivity contribution in [1.82, 2.24) is 4.57 Å². The zero-order valence-corrected chi connectivity index (χ0v) is 14.6. The Kier molecular flexibility index (Phi) is 2.87. The van der Waals surface area contributed by atoms with Crippen LogP contribution in [0, 0.1) is 0 Å². The van der Waals surface area contributed by atoms with Crippen LogP contribution in [-0.2, 0) is 0 Å². The first-order valence-electron chi connectivity index (χ1n) is 7.48. The molecule has 2 aromatic heterocycles. The molecule has 23 heavy (non-hydrogen) atoms. The maximum atomic E-state index is 3.57. The Morgan fingerprint density at radius 1 is 0.783 bits per heavy atom. The number of para-hydroxylation sites is 1. The van der Waals surface area contributed by atoms with Crippen molar-refractivity contribution in [3.8, 4) is 5.69 Å². The first kappa shape index (κ1) is 13.3. The molecule has 0 bridgehead atoms. The standard InChI is InChI=1S/C20H12BrNS/c21-15-7-6-13-12-19-18(11-14(13)10-15)17-8-9-22(20(17)23-19)16-4-2-1-3-5-16/h1-12H. The highest BCUT2D eigenvalue weighted by Gasteiger charge is 2.11. The molecule has 0 atom stereocenters. The molecule has 0 saturated heterocycles. The van der Waals surface area contributed by atoms with Crippen LogP contribution in [0.5, 0.6) is 0 Å². The first-order valence-corrected chi connectivity index (χ1v) is 9.09. The van der Waals surface area contributed by atoms with Crippen LogP contribution < -0.4 is 0 Å². The van der Waals surface area contributed by atoms with E-state index in [1.807, 2.05) is 11.3 Å². The third-order valence-corrected chi connectivity index (χ3v) is 5.93. The van der Waals surface area contributed by atoms with Gasteiger partial charge < -0.3 is 4.57 Å². The minimum absolute atomic E-state index is 1.12. The number of nitrogens with zero attached hydrogens (tertiary/aromatic N) is 1. The lowest BCUT2D eigenvalue weighted by atomic mass is 10.1. The third-order valence-electron chi connectivity index (χ3n) is 4.27. The van der Waals surface area contributed by atoms with E-state index in [1.54, 1.807) is 0 Å². The quantitative estimate of drug-likeness (QED) is 0.304. The largest absolute Gasteiger partial charge is 0.308 e. The molecular formula is C20H12BrNS. The van der Waals surface area contributed by atoms with Gasteiger partial charge in [-0.25, -0.2) is 0 Å². The highest BCUT2D eigenvalue weighted by atomic mass is 79.9. The number of aromatic nitrogens is 1. The molecule has 3 heteroatoms. The second-order valence-corrected chi connectivity index (χ2v) is 7.63. The Labute approximate surface area is 145 Å². The second-order valence-electron chi connectivity index (χ2n) is 5.68. The number of thiophene rings is 1. The van der Waals surface area contributed by atoms with Gasteiger partial charge in [0.2, 0.25) is 0 Å². The van der Waals surface area contributed by atoms with Crippen molar-refractivity contribution in [3.05, 3.63) is 77.4 Å². The van der Waals surface area contributed by atoms with Crippen molar-refractivity contribution in [2.75, 3.05) is 0 Å². The van der Waals surface area contributed by atoms with Crippen molar-refractivity contribution < 1.29 is 0 Å². The van der Waals surface area contributed by atoms with Crippen molar-refractivity contribution in [2.45, 2.75) is 0 Å². The number of halogens is 1. The summed E-state index contributed by atoms with van der Waals surface area (Å²) in [7, 11) is 0. The summed E-state index contributed by atoms with van der Waals surface area (Å²) in [5.41, 5.74) is 1.21. The van der Waals surface area contributed by atoms with E-state index in [9.17, 15) is 0 Å². The molecule has 0 aliphatic rings. The minimum Gasteiger partial charge on any atom is -0.308 e. The van der Waals surface area contributed by atoms with Crippen LogP contribution in [0.3, 0.4) is 0 Å². The number of fused-ring (bicyclic) bond motifs is 4. The van der Waals surface area contributed by atoms with E-state index in [4.69, 9.17) is 0 Å². The highest BCUT2D eigenvalue weighted by Crippen LogP contribution is 2.38. The van der Waals surface area contributed by atoms with E-state index in [0.29, 0.717) is 0 Å². The first-order chi connectivity index (χ1) is 11.3. The molecule has 3 aromatic carbocycles. The van der Waals surface area contributed by atoms with Crippen LogP contribution in [0.1, 0.15) is 0 Å². The van der Waals surface area contributed by atoms with Crippen LogP contribution in [0.4, 0.5) is 0 Å². The van der Waals surface area contributed by atoms with E-state index in [2.05, 4.69) is 93.4 Å². The third kappa shape index (κ3) is 2.04. The van der Waals surface area contributed by atoms with Gasteiger partial charge in [-0.15, -0.1) is 11.3 Å². The summed E-state index contributed by atoms with van der Waals surface area (Å²) in [5, 5.41) is 5.23. The lowest BCUT2D eigenvalue weighted by Gasteiger charge is -2.02. The fraction of sp³-hybridized carbons (Fsp3) is 0. The van der Waals surface area contributed by atoms with Crippen molar-refractivity contribution in [1.29, 1.82) is 0 Å². The van der Waals surface area contributed by atoms with Crippen LogP contribution >= 0.6 is 27.3 Å². The zero-order valence-electron chi connectivity index (χ0n) is 12.2. The summed E-state index contributed by atoms with van der Waals surface area (Å²) in [6.07, 6.45) is 2.17. The Balaban J connectivity index is 1.85. The summed E-state index contributed by atoms with van der Waals surface area (Å²) in [4.78, 5) is 1.31. The summed E-state index contributed by atoms with van der Waals surface area (Å²) in [6.45, 7) is 0. The van der Waals surface area contributed by atoms with Crippen LogP contribution in [0.15, 0.2) is 77.4 Å². The summed E-state index contributed by atoms with van der Waals surface area (Å²) in [6, 6.07) is 23.8. The molecule has 0 radical (unpaired) electrons. The minimum atomic E-state index is 1.12. The lowest BCUT2D eigenvalue weighted by Crippen LogP contribution is -1.88. The number of rotatable bonds is 1. The van der Waals surface area contributed by atoms with E-state index in [0.717, 1.165) is 4.47 Å². The van der Waals surface area contributed by atoms with E-state index < -0.39 is 0 Å². The predicted octanol–water partition coefficient (Wildman–Crippen LogP) is 6.76. The van der Waals surface area contributed by atoms with Gasteiger partial charge in [-0.1, -0.05) is 40.2 Å². The van der Waals surface area contributed by atoms with E-state index in [1.165, 1.54) is 36.8 Å². The average Bonchev–Trinajstić information content (AvgIpc) is 3.12. The molecule has 110 valence electrons. The SMILES string of the molecule is Brc1ccc2cc3sc4c(ccn4-c4ccccc4)c3cc2c1. The van der Waals surface area contributed by atoms with E-state index in [-0.39, 0.29) is 0 Å². The Morgan fingerprint density at radius 2 is 1.65 bits per heavy atom. The number of benzene rings is 3. The van der Waals surface area contributed by atoms with Gasteiger partial charge in [-0.3, -0.25) is 0 Å². The average molecular weight is 378 g/mol. The van der Waals surface area contributed by atoms with Crippen LogP contribution in [0.25, 0.3) is 36.8 Å². The second kappa shape index (κ2) is 4.95. The van der Waals surface area contributed by atoms with Crippen molar-refractivity contribution in [3.63, 3.8) is 0 Å². The molecule has 0 aliphatic heterocycles.